The summed E-state index contributed by atoms with van der Waals surface area (Å²) in [4.78, 5) is 29.8. The third-order valence-corrected chi connectivity index (χ3v) is 2.32. The maximum Gasteiger partial charge on any atom is 0.356 e. The van der Waals surface area contributed by atoms with Gasteiger partial charge in [-0.25, -0.2) is 14.6 Å². The Morgan fingerprint density at radius 1 is 1.35 bits per heavy atom. The molecule has 23 heavy (non-hydrogen) atoms. The van der Waals surface area contributed by atoms with Crippen LogP contribution in [0.15, 0.2) is 17.2 Å². The van der Waals surface area contributed by atoms with Crippen LogP contribution in [-0.2, 0) is 20.8 Å². The molecule has 1 aromatic heterocycles. The Bertz CT molecular complexity index is 633. The molecule has 0 aliphatic rings. The number of methoxy groups -OCH3 is 1. The number of carbonyl (C=O) groups excluding carboxylic acids is 2. The first kappa shape index (κ1) is 18.2. The maximum absolute atomic E-state index is 11.6. The molecule has 0 saturated carbocycles. The summed E-state index contributed by atoms with van der Waals surface area (Å²) >= 11 is 0. The summed E-state index contributed by atoms with van der Waals surface area (Å²) in [5, 5.41) is 3.37. The van der Waals surface area contributed by atoms with Gasteiger partial charge in [0, 0.05) is 17.0 Å². The number of pyridine rings is 1. The van der Waals surface area contributed by atoms with Gasteiger partial charge in [0.2, 0.25) is 0 Å². The zero-order chi connectivity index (χ0) is 17.5. The first-order chi connectivity index (χ1) is 10.7. The summed E-state index contributed by atoms with van der Waals surface area (Å²) < 4.78 is 15.0. The lowest BCUT2D eigenvalue weighted by molar-refractivity contribution is -0.157. The molecule has 0 N–H and O–H groups in total. The minimum atomic E-state index is -0.671. The number of rotatable bonds is 6. The molecule has 1 heterocycles. The largest absolute Gasteiger partial charge is 0.482 e. The lowest BCUT2D eigenvalue weighted by atomic mass is 10.2. The highest BCUT2D eigenvalue weighted by Gasteiger charge is 2.17. The molecule has 1 aromatic rings. The van der Waals surface area contributed by atoms with Crippen molar-refractivity contribution < 1.29 is 23.8 Å². The molecule has 0 fully saturated rings. The molecule has 0 aliphatic heterocycles. The Hall–Kier alpha value is -2.80. The van der Waals surface area contributed by atoms with Gasteiger partial charge in [0.25, 0.3) is 0 Å². The normalized spacial score (nSPS) is 10.4. The van der Waals surface area contributed by atoms with Crippen LogP contribution in [0.1, 0.15) is 37.0 Å². The number of nitrogens with zero attached hydrogens (tertiary/aromatic N) is 4. The predicted molar refractivity (Wildman–Crippen MR) is 79.8 cm³/mol. The molecule has 0 spiro atoms. The van der Waals surface area contributed by atoms with Gasteiger partial charge >= 0.3 is 11.9 Å². The first-order valence-electron chi connectivity index (χ1n) is 6.70. The molecule has 0 saturated heterocycles. The molecular formula is C14H18N4O5. The fourth-order valence-electron chi connectivity index (χ4n) is 1.55. The van der Waals surface area contributed by atoms with E-state index in [1.807, 2.05) is 0 Å². The SMILES string of the molecule is COC(=O)c1cc(OCC(=O)OC(C)(C)C)cc(CN=[N+]=[N-])n1. The number of esters is 2. The number of ether oxygens (including phenoxy) is 3. The molecule has 0 bridgehead atoms. The van der Waals surface area contributed by atoms with Gasteiger partial charge in [-0.15, -0.1) is 0 Å². The fourth-order valence-corrected chi connectivity index (χ4v) is 1.55. The topological polar surface area (TPSA) is 123 Å². The second-order valence-electron chi connectivity index (χ2n) is 5.44. The highest BCUT2D eigenvalue weighted by molar-refractivity contribution is 5.87. The van der Waals surface area contributed by atoms with E-state index in [0.29, 0.717) is 5.69 Å². The van der Waals surface area contributed by atoms with Crippen LogP contribution in [0.2, 0.25) is 0 Å². The van der Waals surface area contributed by atoms with Gasteiger partial charge in [-0.05, 0) is 26.3 Å². The molecule has 124 valence electrons. The predicted octanol–water partition coefficient (Wildman–Crippen LogP) is 2.40. The summed E-state index contributed by atoms with van der Waals surface area (Å²) in [6.45, 7) is 4.83. The monoisotopic (exact) mass is 322 g/mol. The second kappa shape index (κ2) is 8.00. The van der Waals surface area contributed by atoms with Gasteiger partial charge in [0.05, 0.1) is 19.3 Å². The van der Waals surface area contributed by atoms with Crippen LogP contribution in [0.5, 0.6) is 5.75 Å². The van der Waals surface area contributed by atoms with E-state index in [-0.39, 0.29) is 24.6 Å². The van der Waals surface area contributed by atoms with Gasteiger partial charge in [0.1, 0.15) is 11.4 Å². The highest BCUT2D eigenvalue weighted by atomic mass is 16.6. The molecule has 0 aromatic carbocycles. The summed E-state index contributed by atoms with van der Waals surface area (Å²) in [5.41, 5.74) is 8.02. The Labute approximate surface area is 133 Å². The van der Waals surface area contributed by atoms with Crippen molar-refractivity contribution in [1.82, 2.24) is 4.98 Å². The molecule has 9 nitrogen and oxygen atoms in total. The minimum Gasteiger partial charge on any atom is -0.482 e. The van der Waals surface area contributed by atoms with Gasteiger partial charge in [-0.2, -0.15) is 0 Å². The van der Waals surface area contributed by atoms with E-state index in [9.17, 15) is 9.59 Å². The molecule has 9 heteroatoms. The van der Waals surface area contributed by atoms with Crippen molar-refractivity contribution in [2.45, 2.75) is 32.9 Å². The van der Waals surface area contributed by atoms with Crippen LogP contribution in [0.25, 0.3) is 10.4 Å². The first-order valence-corrected chi connectivity index (χ1v) is 6.70. The number of hydrogen-bond donors (Lipinski definition) is 0. The quantitative estimate of drug-likeness (QED) is 0.343. The lowest BCUT2D eigenvalue weighted by Gasteiger charge is -2.19. The van der Waals surface area contributed by atoms with Crippen LogP contribution < -0.4 is 4.74 Å². The van der Waals surface area contributed by atoms with E-state index >= 15 is 0 Å². The smallest absolute Gasteiger partial charge is 0.356 e. The van der Waals surface area contributed by atoms with Crippen LogP contribution in [0, 0.1) is 0 Å². The molecule has 0 amide bonds. The second-order valence-corrected chi connectivity index (χ2v) is 5.44. The lowest BCUT2D eigenvalue weighted by Crippen LogP contribution is -2.27. The van der Waals surface area contributed by atoms with Crippen LogP contribution >= 0.6 is 0 Å². The minimum absolute atomic E-state index is 0.0164. The zero-order valence-electron chi connectivity index (χ0n) is 13.4. The van der Waals surface area contributed by atoms with E-state index in [0.717, 1.165) is 0 Å². The summed E-state index contributed by atoms with van der Waals surface area (Å²) in [7, 11) is 1.21. The van der Waals surface area contributed by atoms with E-state index < -0.39 is 17.5 Å². The third kappa shape index (κ3) is 6.66. The Morgan fingerprint density at radius 2 is 2.04 bits per heavy atom. The number of carbonyl (C=O) groups is 2. The van der Waals surface area contributed by atoms with E-state index in [4.69, 9.17) is 15.0 Å². The summed E-state index contributed by atoms with van der Waals surface area (Å²) in [6.07, 6.45) is 0. The summed E-state index contributed by atoms with van der Waals surface area (Å²) in [5.74, 6) is -1.00. The van der Waals surface area contributed by atoms with Crippen LogP contribution in [0.3, 0.4) is 0 Å². The number of azide groups is 1. The van der Waals surface area contributed by atoms with Gasteiger partial charge in [0.15, 0.2) is 12.3 Å². The van der Waals surface area contributed by atoms with Gasteiger partial charge in [-0.3, -0.25) is 0 Å². The average Bonchev–Trinajstić information content (AvgIpc) is 2.48. The van der Waals surface area contributed by atoms with Crippen LogP contribution in [-0.4, -0.2) is 36.2 Å². The van der Waals surface area contributed by atoms with Crippen molar-refractivity contribution in [2.75, 3.05) is 13.7 Å². The van der Waals surface area contributed by atoms with E-state index in [1.165, 1.54) is 19.2 Å². The van der Waals surface area contributed by atoms with E-state index in [2.05, 4.69) is 19.7 Å². The number of aromatic nitrogens is 1. The Morgan fingerprint density at radius 3 is 2.61 bits per heavy atom. The van der Waals surface area contributed by atoms with Gasteiger partial charge in [-0.1, -0.05) is 5.11 Å². The Kier molecular flexibility index (Phi) is 6.35. The van der Waals surface area contributed by atoms with E-state index in [1.54, 1.807) is 20.8 Å². The third-order valence-electron chi connectivity index (χ3n) is 2.32. The standard InChI is InChI=1S/C14H18N4O5/c1-14(2,3)23-12(19)8-22-10-5-9(7-16-18-15)17-11(6-10)13(20)21-4/h5-6H,7-8H2,1-4H3. The molecule has 0 radical (unpaired) electrons. The van der Waals surface area contributed by atoms with Crippen molar-refractivity contribution in [3.8, 4) is 5.75 Å². The van der Waals surface area contributed by atoms with Crippen molar-refractivity contribution in [3.63, 3.8) is 0 Å². The molecule has 0 atom stereocenters. The molecule has 0 aliphatic carbocycles. The fraction of sp³-hybridized carbons (Fsp3) is 0.500. The summed E-state index contributed by atoms with van der Waals surface area (Å²) in [6, 6.07) is 2.79. The zero-order valence-corrected chi connectivity index (χ0v) is 13.4. The molecule has 1 rings (SSSR count). The van der Waals surface area contributed by atoms with Crippen molar-refractivity contribution in [1.29, 1.82) is 0 Å². The highest BCUT2D eigenvalue weighted by Crippen LogP contribution is 2.17. The molecule has 0 unspecified atom stereocenters. The van der Waals surface area contributed by atoms with Crippen LogP contribution in [0.4, 0.5) is 0 Å². The van der Waals surface area contributed by atoms with Crippen molar-refractivity contribution >= 4 is 11.9 Å². The van der Waals surface area contributed by atoms with Gasteiger partial charge < -0.3 is 14.2 Å². The number of hydrogen-bond acceptors (Lipinski definition) is 7. The van der Waals surface area contributed by atoms with Crippen molar-refractivity contribution in [3.05, 3.63) is 34.0 Å². The molecular weight excluding hydrogens is 304 g/mol. The average molecular weight is 322 g/mol. The Balaban J connectivity index is 2.89. The maximum atomic E-state index is 11.6. The van der Waals surface area contributed by atoms with Crippen molar-refractivity contribution in [2.24, 2.45) is 5.11 Å².